The van der Waals surface area contributed by atoms with Gasteiger partial charge < -0.3 is 14.8 Å². The molecule has 19 heavy (non-hydrogen) atoms. The van der Waals surface area contributed by atoms with Crippen molar-refractivity contribution in [2.24, 2.45) is 0 Å². The summed E-state index contributed by atoms with van der Waals surface area (Å²) in [7, 11) is 1.30. The average molecular weight is 255 g/mol. The highest BCUT2D eigenvalue weighted by molar-refractivity contribution is 6.12. The predicted octanol–water partition coefficient (Wildman–Crippen LogP) is 3.12. The molecule has 96 valence electrons. The van der Waals surface area contributed by atoms with Crippen molar-refractivity contribution >= 4 is 27.8 Å². The van der Waals surface area contributed by atoms with E-state index >= 15 is 0 Å². The number of fused-ring (bicyclic) bond motifs is 3. The second kappa shape index (κ2) is 4.02. The Morgan fingerprint density at radius 3 is 2.74 bits per heavy atom. The summed E-state index contributed by atoms with van der Waals surface area (Å²) in [5, 5.41) is 12.2. The Labute approximate surface area is 109 Å². The van der Waals surface area contributed by atoms with Crippen LogP contribution in [0.15, 0.2) is 30.3 Å². The lowest BCUT2D eigenvalue weighted by Crippen LogP contribution is -2.04. The number of ether oxygens (including phenoxy) is 1. The first kappa shape index (κ1) is 11.6. The highest BCUT2D eigenvalue weighted by atomic mass is 16.5. The molecule has 0 atom stereocenters. The molecular weight excluding hydrogens is 242 g/mol. The van der Waals surface area contributed by atoms with E-state index in [0.717, 1.165) is 16.3 Å². The predicted molar refractivity (Wildman–Crippen MR) is 73.5 cm³/mol. The smallest absolute Gasteiger partial charge is 0.341 e. The number of phenolic OH excluding ortho intramolecular Hbond substituents is 1. The Morgan fingerprint density at radius 1 is 1.26 bits per heavy atom. The van der Waals surface area contributed by atoms with Crippen LogP contribution in [-0.2, 0) is 4.74 Å². The number of rotatable bonds is 1. The molecule has 4 nitrogen and oxygen atoms in total. The standard InChI is InChI=1S/C15H13NO3/c1-8-7-10-9-5-3-4-6-11(9)16-13(10)14(17)12(8)15(18)19-2/h3-7,16-17H,1-2H3. The highest BCUT2D eigenvalue weighted by Gasteiger charge is 2.20. The van der Waals surface area contributed by atoms with E-state index in [1.807, 2.05) is 30.3 Å². The molecule has 0 aliphatic carbocycles. The molecule has 3 aromatic rings. The first-order valence-electron chi connectivity index (χ1n) is 5.94. The van der Waals surface area contributed by atoms with Crippen LogP contribution in [-0.4, -0.2) is 23.2 Å². The van der Waals surface area contributed by atoms with E-state index in [0.29, 0.717) is 11.1 Å². The summed E-state index contributed by atoms with van der Waals surface area (Å²) in [6.45, 7) is 1.78. The van der Waals surface area contributed by atoms with E-state index in [1.54, 1.807) is 6.92 Å². The lowest BCUT2D eigenvalue weighted by molar-refractivity contribution is 0.0597. The molecule has 0 aliphatic heterocycles. The maximum Gasteiger partial charge on any atom is 0.341 e. The Morgan fingerprint density at radius 2 is 2.00 bits per heavy atom. The summed E-state index contributed by atoms with van der Waals surface area (Å²) in [5.74, 6) is -0.589. The number of phenols is 1. The van der Waals surface area contributed by atoms with E-state index in [1.165, 1.54) is 7.11 Å². The quantitative estimate of drug-likeness (QED) is 0.657. The number of aromatic hydroxyl groups is 1. The number of aryl methyl sites for hydroxylation is 1. The van der Waals surface area contributed by atoms with Crippen molar-refractivity contribution in [2.75, 3.05) is 7.11 Å². The van der Waals surface area contributed by atoms with Crippen molar-refractivity contribution < 1.29 is 14.6 Å². The van der Waals surface area contributed by atoms with Gasteiger partial charge in [-0.2, -0.15) is 0 Å². The van der Waals surface area contributed by atoms with Crippen LogP contribution in [0.25, 0.3) is 21.8 Å². The molecule has 0 unspecified atom stereocenters. The van der Waals surface area contributed by atoms with Gasteiger partial charge in [0.1, 0.15) is 5.56 Å². The van der Waals surface area contributed by atoms with E-state index in [-0.39, 0.29) is 11.3 Å². The molecule has 0 bridgehead atoms. The second-order valence-electron chi connectivity index (χ2n) is 4.50. The number of methoxy groups -OCH3 is 1. The Bertz CT molecular complexity index is 802. The third-order valence-electron chi connectivity index (χ3n) is 3.36. The number of nitrogens with one attached hydrogen (secondary N) is 1. The monoisotopic (exact) mass is 255 g/mol. The van der Waals surface area contributed by atoms with Crippen molar-refractivity contribution in [3.8, 4) is 5.75 Å². The molecule has 0 amide bonds. The van der Waals surface area contributed by atoms with Gasteiger partial charge in [0, 0.05) is 16.3 Å². The number of esters is 1. The summed E-state index contributed by atoms with van der Waals surface area (Å²) in [6.07, 6.45) is 0. The van der Waals surface area contributed by atoms with Crippen molar-refractivity contribution in [1.82, 2.24) is 4.98 Å². The van der Waals surface area contributed by atoms with Crippen molar-refractivity contribution in [3.05, 3.63) is 41.5 Å². The lowest BCUT2D eigenvalue weighted by Gasteiger charge is -2.07. The zero-order valence-electron chi connectivity index (χ0n) is 10.7. The topological polar surface area (TPSA) is 62.3 Å². The normalized spacial score (nSPS) is 11.1. The third-order valence-corrected chi connectivity index (χ3v) is 3.36. The molecule has 0 saturated heterocycles. The maximum absolute atomic E-state index is 11.7. The van der Waals surface area contributed by atoms with E-state index in [9.17, 15) is 9.90 Å². The fourth-order valence-corrected chi connectivity index (χ4v) is 2.46. The van der Waals surface area contributed by atoms with Crippen molar-refractivity contribution in [2.45, 2.75) is 6.92 Å². The van der Waals surface area contributed by atoms with Gasteiger partial charge in [0.05, 0.1) is 12.6 Å². The Hall–Kier alpha value is -2.49. The Balaban J connectivity index is 2.45. The first-order chi connectivity index (χ1) is 9.13. The van der Waals surface area contributed by atoms with E-state index in [4.69, 9.17) is 4.74 Å². The number of aromatic nitrogens is 1. The van der Waals surface area contributed by atoms with Crippen molar-refractivity contribution in [1.29, 1.82) is 0 Å². The number of carbonyl (C=O) groups is 1. The summed E-state index contributed by atoms with van der Waals surface area (Å²) >= 11 is 0. The summed E-state index contributed by atoms with van der Waals surface area (Å²) in [5.41, 5.74) is 2.39. The van der Waals surface area contributed by atoms with Crippen LogP contribution >= 0.6 is 0 Å². The van der Waals surface area contributed by atoms with Gasteiger partial charge in [-0.3, -0.25) is 0 Å². The zero-order chi connectivity index (χ0) is 13.6. The summed E-state index contributed by atoms with van der Waals surface area (Å²) in [4.78, 5) is 14.9. The molecule has 0 aliphatic rings. The van der Waals surface area contributed by atoms with Crippen LogP contribution in [0.2, 0.25) is 0 Å². The molecule has 3 rings (SSSR count). The van der Waals surface area contributed by atoms with Gasteiger partial charge in [0.25, 0.3) is 0 Å². The maximum atomic E-state index is 11.7. The number of H-pyrrole nitrogens is 1. The van der Waals surface area contributed by atoms with Crippen LogP contribution in [0.1, 0.15) is 15.9 Å². The van der Waals surface area contributed by atoms with Gasteiger partial charge in [0.15, 0.2) is 5.75 Å². The zero-order valence-corrected chi connectivity index (χ0v) is 10.7. The van der Waals surface area contributed by atoms with Gasteiger partial charge in [-0.05, 0) is 24.6 Å². The molecule has 4 heteroatoms. The minimum Gasteiger partial charge on any atom is -0.505 e. The molecular formula is C15H13NO3. The van der Waals surface area contributed by atoms with Crippen LogP contribution in [0, 0.1) is 6.92 Å². The van der Waals surface area contributed by atoms with Gasteiger partial charge in [0.2, 0.25) is 0 Å². The number of hydrogen-bond donors (Lipinski definition) is 2. The molecule has 0 radical (unpaired) electrons. The van der Waals surface area contributed by atoms with Crippen LogP contribution < -0.4 is 0 Å². The average Bonchev–Trinajstić information content (AvgIpc) is 2.78. The van der Waals surface area contributed by atoms with E-state index < -0.39 is 5.97 Å². The van der Waals surface area contributed by atoms with E-state index in [2.05, 4.69) is 4.98 Å². The van der Waals surface area contributed by atoms with Gasteiger partial charge in [-0.1, -0.05) is 18.2 Å². The summed E-state index contributed by atoms with van der Waals surface area (Å²) < 4.78 is 4.71. The highest BCUT2D eigenvalue weighted by Crippen LogP contribution is 2.35. The van der Waals surface area contributed by atoms with Gasteiger partial charge >= 0.3 is 5.97 Å². The largest absolute Gasteiger partial charge is 0.505 e. The minimum absolute atomic E-state index is 0.0574. The number of aromatic amines is 1. The fraction of sp³-hybridized carbons (Fsp3) is 0.133. The summed E-state index contributed by atoms with van der Waals surface area (Å²) in [6, 6.07) is 9.66. The molecule has 0 saturated carbocycles. The van der Waals surface area contributed by atoms with Crippen molar-refractivity contribution in [3.63, 3.8) is 0 Å². The molecule has 0 fully saturated rings. The lowest BCUT2D eigenvalue weighted by atomic mass is 10.0. The SMILES string of the molecule is COC(=O)c1c(C)cc2c([nH]c3ccccc32)c1O. The minimum atomic E-state index is -0.532. The van der Waals surface area contributed by atoms with Gasteiger partial charge in [-0.15, -0.1) is 0 Å². The molecule has 2 N–H and O–H groups in total. The Kier molecular flexibility index (Phi) is 2.45. The fourth-order valence-electron chi connectivity index (χ4n) is 2.46. The number of benzene rings is 2. The molecule has 1 aromatic heterocycles. The second-order valence-corrected chi connectivity index (χ2v) is 4.50. The van der Waals surface area contributed by atoms with Crippen LogP contribution in [0.3, 0.4) is 0 Å². The number of para-hydroxylation sites is 1. The molecule has 2 aromatic carbocycles. The molecule has 0 spiro atoms. The van der Waals surface area contributed by atoms with Gasteiger partial charge in [-0.25, -0.2) is 4.79 Å². The number of carbonyl (C=O) groups excluding carboxylic acids is 1. The van der Waals surface area contributed by atoms with Crippen LogP contribution in [0.4, 0.5) is 0 Å². The first-order valence-corrected chi connectivity index (χ1v) is 5.94. The third kappa shape index (κ3) is 1.57. The molecule has 1 heterocycles. The van der Waals surface area contributed by atoms with Crippen LogP contribution in [0.5, 0.6) is 5.75 Å². The number of hydrogen-bond acceptors (Lipinski definition) is 3.